The molecule has 0 aliphatic heterocycles. The molecule has 0 heterocycles. The second kappa shape index (κ2) is 5.16. The van der Waals surface area contributed by atoms with E-state index in [1.165, 1.54) is 24.3 Å². The highest BCUT2D eigenvalue weighted by Crippen LogP contribution is 2.23. The molecular weight excluding hydrogens is 248 g/mol. The van der Waals surface area contributed by atoms with Crippen LogP contribution in [0.4, 0.5) is 20.2 Å². The highest BCUT2D eigenvalue weighted by molar-refractivity contribution is 5.67. The predicted octanol–water partition coefficient (Wildman–Crippen LogP) is 3.45. The number of anilines is 2. The van der Waals surface area contributed by atoms with E-state index in [9.17, 15) is 8.78 Å². The van der Waals surface area contributed by atoms with Crippen LogP contribution in [-0.4, -0.2) is 0 Å². The summed E-state index contributed by atoms with van der Waals surface area (Å²) < 4.78 is 26.2. The molecule has 2 rings (SSSR count). The fourth-order valence-electron chi connectivity index (χ4n) is 1.60. The van der Waals surface area contributed by atoms with Gasteiger partial charge >= 0.3 is 0 Å². The molecule has 0 aliphatic carbocycles. The molecule has 1 N–H and O–H groups in total. The van der Waals surface area contributed by atoms with E-state index in [2.05, 4.69) is 5.32 Å². The van der Waals surface area contributed by atoms with Crippen LogP contribution in [0.15, 0.2) is 36.4 Å². The van der Waals surface area contributed by atoms with Crippen LogP contribution >= 0.6 is 0 Å². The Morgan fingerprint density at radius 1 is 0.895 bits per heavy atom. The Morgan fingerprint density at radius 3 is 2.37 bits per heavy atom. The molecule has 2 aromatic rings. The van der Waals surface area contributed by atoms with Gasteiger partial charge in [0.25, 0.3) is 0 Å². The van der Waals surface area contributed by atoms with Crippen molar-refractivity contribution >= 4 is 11.4 Å². The maximum atomic E-state index is 13.2. The van der Waals surface area contributed by atoms with Crippen LogP contribution in [0.5, 0.6) is 0 Å². The van der Waals surface area contributed by atoms with E-state index in [0.717, 1.165) is 12.1 Å². The van der Waals surface area contributed by atoms with Gasteiger partial charge in [0.05, 0.1) is 22.9 Å². The SMILES string of the molecule is N#Cc1cc(F)cc(Nc2ccc(F)cc2C#N)c1. The molecule has 19 heavy (non-hydrogen) atoms. The Hall–Kier alpha value is -2.92. The van der Waals surface area contributed by atoms with E-state index >= 15 is 0 Å². The van der Waals surface area contributed by atoms with Crippen LogP contribution in [0.3, 0.4) is 0 Å². The van der Waals surface area contributed by atoms with Crippen LogP contribution in [0.25, 0.3) is 0 Å². The second-order valence-corrected chi connectivity index (χ2v) is 3.77. The Balaban J connectivity index is 2.40. The number of hydrogen-bond donors (Lipinski definition) is 1. The van der Waals surface area contributed by atoms with Crippen molar-refractivity contribution in [2.75, 3.05) is 5.32 Å². The van der Waals surface area contributed by atoms with Gasteiger partial charge in [-0.25, -0.2) is 8.78 Å². The number of halogens is 2. The fourth-order valence-corrected chi connectivity index (χ4v) is 1.60. The van der Waals surface area contributed by atoms with Gasteiger partial charge in [-0.1, -0.05) is 0 Å². The van der Waals surface area contributed by atoms with Crippen molar-refractivity contribution in [3.63, 3.8) is 0 Å². The molecule has 0 spiro atoms. The molecule has 5 heteroatoms. The van der Waals surface area contributed by atoms with Gasteiger partial charge < -0.3 is 5.32 Å². The minimum Gasteiger partial charge on any atom is -0.354 e. The molecule has 0 fully saturated rings. The first-order chi connectivity index (χ1) is 9.12. The predicted molar refractivity (Wildman–Crippen MR) is 65.5 cm³/mol. The Bertz CT molecular complexity index is 712. The van der Waals surface area contributed by atoms with Gasteiger partial charge in [-0.3, -0.25) is 0 Å². The summed E-state index contributed by atoms with van der Waals surface area (Å²) >= 11 is 0. The third kappa shape index (κ3) is 2.85. The first kappa shape index (κ1) is 12.5. The monoisotopic (exact) mass is 255 g/mol. The molecule has 0 saturated heterocycles. The van der Waals surface area contributed by atoms with Crippen molar-refractivity contribution in [3.8, 4) is 12.1 Å². The summed E-state index contributed by atoms with van der Waals surface area (Å²) in [5.74, 6) is -1.10. The van der Waals surface area contributed by atoms with Gasteiger partial charge in [0, 0.05) is 5.69 Å². The van der Waals surface area contributed by atoms with E-state index in [0.29, 0.717) is 11.4 Å². The molecule has 0 aliphatic rings. The average Bonchev–Trinajstić information content (AvgIpc) is 2.40. The molecule has 0 atom stereocenters. The zero-order valence-corrected chi connectivity index (χ0v) is 9.61. The van der Waals surface area contributed by atoms with Gasteiger partial charge in [-0.2, -0.15) is 10.5 Å². The summed E-state index contributed by atoms with van der Waals surface area (Å²) in [6, 6.07) is 11.0. The van der Waals surface area contributed by atoms with Crippen LogP contribution in [0.1, 0.15) is 11.1 Å². The Kier molecular flexibility index (Phi) is 3.40. The van der Waals surface area contributed by atoms with E-state index in [1.807, 2.05) is 12.1 Å². The molecule has 0 aromatic heterocycles. The molecule has 3 nitrogen and oxygen atoms in total. The van der Waals surface area contributed by atoms with Crippen molar-refractivity contribution in [3.05, 3.63) is 59.2 Å². The first-order valence-electron chi connectivity index (χ1n) is 5.30. The lowest BCUT2D eigenvalue weighted by atomic mass is 10.1. The van der Waals surface area contributed by atoms with Gasteiger partial charge in [-0.15, -0.1) is 0 Å². The van der Waals surface area contributed by atoms with Crippen molar-refractivity contribution in [1.82, 2.24) is 0 Å². The lowest BCUT2D eigenvalue weighted by Gasteiger charge is -2.08. The summed E-state index contributed by atoms with van der Waals surface area (Å²) in [6.45, 7) is 0. The molecule has 0 amide bonds. The minimum atomic E-state index is -0.567. The summed E-state index contributed by atoms with van der Waals surface area (Å²) in [7, 11) is 0. The number of nitrogens with one attached hydrogen (secondary N) is 1. The topological polar surface area (TPSA) is 59.6 Å². The second-order valence-electron chi connectivity index (χ2n) is 3.77. The van der Waals surface area contributed by atoms with E-state index < -0.39 is 11.6 Å². The summed E-state index contributed by atoms with van der Waals surface area (Å²) in [5.41, 5.74) is 0.920. The molecule has 2 aromatic carbocycles. The van der Waals surface area contributed by atoms with E-state index in [4.69, 9.17) is 10.5 Å². The van der Waals surface area contributed by atoms with Gasteiger partial charge in [-0.05, 0) is 36.4 Å². The number of hydrogen-bond acceptors (Lipinski definition) is 3. The zero-order valence-electron chi connectivity index (χ0n) is 9.61. The van der Waals surface area contributed by atoms with Crippen LogP contribution in [0.2, 0.25) is 0 Å². The highest BCUT2D eigenvalue weighted by Gasteiger charge is 2.06. The quantitative estimate of drug-likeness (QED) is 0.894. The van der Waals surface area contributed by atoms with Crippen molar-refractivity contribution < 1.29 is 8.78 Å². The highest BCUT2D eigenvalue weighted by atomic mass is 19.1. The van der Waals surface area contributed by atoms with Gasteiger partial charge in [0.2, 0.25) is 0 Å². The van der Waals surface area contributed by atoms with Crippen molar-refractivity contribution in [1.29, 1.82) is 10.5 Å². The minimum absolute atomic E-state index is 0.0998. The fraction of sp³-hybridized carbons (Fsp3) is 0. The third-order valence-electron chi connectivity index (χ3n) is 2.41. The molecule has 0 unspecified atom stereocenters. The Morgan fingerprint density at radius 2 is 1.68 bits per heavy atom. The smallest absolute Gasteiger partial charge is 0.126 e. The number of benzene rings is 2. The lowest BCUT2D eigenvalue weighted by molar-refractivity contribution is 0.626. The maximum absolute atomic E-state index is 13.2. The summed E-state index contributed by atoms with van der Waals surface area (Å²) in [6.07, 6.45) is 0. The van der Waals surface area contributed by atoms with Crippen LogP contribution in [0, 0.1) is 34.3 Å². The van der Waals surface area contributed by atoms with E-state index in [-0.39, 0.29) is 11.1 Å². The summed E-state index contributed by atoms with van der Waals surface area (Å²) in [5, 5.41) is 20.4. The van der Waals surface area contributed by atoms with Gasteiger partial charge in [0.1, 0.15) is 17.7 Å². The maximum Gasteiger partial charge on any atom is 0.126 e. The summed E-state index contributed by atoms with van der Waals surface area (Å²) in [4.78, 5) is 0. The zero-order chi connectivity index (χ0) is 13.8. The average molecular weight is 255 g/mol. The Labute approximate surface area is 108 Å². The molecular formula is C14H7F2N3. The number of nitriles is 2. The number of rotatable bonds is 2. The van der Waals surface area contributed by atoms with Crippen molar-refractivity contribution in [2.45, 2.75) is 0 Å². The standard InChI is InChI=1S/C14H7F2N3/c15-11-1-2-14(10(5-11)8-18)19-13-4-9(7-17)3-12(16)6-13/h1-6,19H. The lowest BCUT2D eigenvalue weighted by Crippen LogP contribution is -1.96. The number of nitrogens with zero attached hydrogens (tertiary/aromatic N) is 2. The third-order valence-corrected chi connectivity index (χ3v) is 2.41. The first-order valence-corrected chi connectivity index (χ1v) is 5.30. The normalized spacial score (nSPS) is 9.47. The largest absolute Gasteiger partial charge is 0.354 e. The molecule has 0 radical (unpaired) electrons. The van der Waals surface area contributed by atoms with Crippen LogP contribution in [-0.2, 0) is 0 Å². The molecule has 0 saturated carbocycles. The van der Waals surface area contributed by atoms with Crippen molar-refractivity contribution in [2.24, 2.45) is 0 Å². The van der Waals surface area contributed by atoms with Gasteiger partial charge in [0.15, 0.2) is 0 Å². The van der Waals surface area contributed by atoms with E-state index in [1.54, 1.807) is 0 Å². The molecule has 0 bridgehead atoms. The molecule has 92 valence electrons. The van der Waals surface area contributed by atoms with Crippen LogP contribution < -0.4 is 5.32 Å².